The summed E-state index contributed by atoms with van der Waals surface area (Å²) in [5.74, 6) is -0.839. The third-order valence-electron chi connectivity index (χ3n) is 7.38. The van der Waals surface area contributed by atoms with E-state index in [1.165, 1.54) is 0 Å². The number of nitriles is 1. The average molecular weight is 563 g/mol. The molecule has 8 nitrogen and oxygen atoms in total. The predicted molar refractivity (Wildman–Crippen MR) is 156 cm³/mol. The number of rotatable bonds is 9. The maximum atomic E-state index is 13.3. The molecular weight excluding hydrogens is 532 g/mol. The lowest BCUT2D eigenvalue weighted by molar-refractivity contribution is -0.142. The monoisotopic (exact) mass is 562 g/mol. The van der Waals surface area contributed by atoms with Gasteiger partial charge in [0.1, 0.15) is 24.1 Å². The highest BCUT2D eigenvalue weighted by molar-refractivity contribution is 5.95. The largest absolute Gasteiger partial charge is 0.488 e. The van der Waals surface area contributed by atoms with Gasteiger partial charge in [0, 0.05) is 31.1 Å². The van der Waals surface area contributed by atoms with Crippen LogP contribution in [0.1, 0.15) is 39.0 Å². The van der Waals surface area contributed by atoms with Crippen molar-refractivity contribution >= 4 is 11.9 Å². The fraction of sp³-hybridized carbons (Fsp3) is 0.206. The second kappa shape index (κ2) is 12.7. The normalized spacial score (nSPS) is 16.5. The highest BCUT2D eigenvalue weighted by Crippen LogP contribution is 2.31. The van der Waals surface area contributed by atoms with E-state index in [4.69, 9.17) is 9.47 Å². The molecule has 1 heterocycles. The number of nitrogens with zero attached hydrogens (tertiary/aromatic N) is 2. The van der Waals surface area contributed by atoms with E-state index in [1.54, 1.807) is 47.4 Å². The second-order valence-corrected chi connectivity index (χ2v) is 10.3. The van der Waals surface area contributed by atoms with Gasteiger partial charge in [-0.2, -0.15) is 5.26 Å². The summed E-state index contributed by atoms with van der Waals surface area (Å²) in [5, 5.41) is 29.0. The smallest absolute Gasteiger partial charge is 0.343 e. The van der Waals surface area contributed by atoms with Gasteiger partial charge >= 0.3 is 11.9 Å². The second-order valence-electron chi connectivity index (χ2n) is 10.3. The Labute approximate surface area is 244 Å². The van der Waals surface area contributed by atoms with Crippen molar-refractivity contribution in [2.45, 2.75) is 38.6 Å². The van der Waals surface area contributed by atoms with Crippen LogP contribution in [0, 0.1) is 18.3 Å². The quantitative estimate of drug-likeness (QED) is 0.207. The zero-order chi connectivity index (χ0) is 29.6. The Morgan fingerprint density at radius 2 is 1.79 bits per heavy atom. The number of likely N-dealkylation sites (tertiary alicyclic amines) is 1. The number of carboxylic acid groups (broad SMARTS) is 1. The van der Waals surface area contributed by atoms with Crippen LogP contribution in [0.5, 0.6) is 11.5 Å². The third-order valence-corrected chi connectivity index (χ3v) is 7.38. The Hall–Kier alpha value is -4.97. The summed E-state index contributed by atoms with van der Waals surface area (Å²) < 4.78 is 11.9. The summed E-state index contributed by atoms with van der Waals surface area (Å²) in [6.45, 7) is 2.46. The van der Waals surface area contributed by atoms with E-state index in [-0.39, 0.29) is 31.9 Å². The van der Waals surface area contributed by atoms with Crippen molar-refractivity contribution in [3.05, 3.63) is 119 Å². The van der Waals surface area contributed by atoms with Gasteiger partial charge in [-0.3, -0.25) is 9.69 Å². The number of benzene rings is 4. The third kappa shape index (κ3) is 6.50. The van der Waals surface area contributed by atoms with Gasteiger partial charge in [0.15, 0.2) is 0 Å². The lowest BCUT2D eigenvalue weighted by atomic mass is 9.96. The summed E-state index contributed by atoms with van der Waals surface area (Å²) in [6, 6.07) is 28.6. The van der Waals surface area contributed by atoms with Gasteiger partial charge < -0.3 is 19.7 Å². The molecule has 1 aliphatic heterocycles. The molecule has 0 saturated carbocycles. The molecule has 8 heteroatoms. The van der Waals surface area contributed by atoms with Crippen LogP contribution in [-0.4, -0.2) is 45.7 Å². The van der Waals surface area contributed by atoms with E-state index in [0.717, 1.165) is 22.3 Å². The molecule has 1 saturated heterocycles. The highest BCUT2D eigenvalue weighted by Gasteiger charge is 2.36. The molecule has 5 rings (SSSR count). The van der Waals surface area contributed by atoms with Crippen LogP contribution in [0.2, 0.25) is 0 Å². The molecule has 2 N–H and O–H groups in total. The Kier molecular flexibility index (Phi) is 8.63. The number of esters is 1. The number of aliphatic carboxylic acids is 1. The minimum atomic E-state index is -0.999. The number of carbonyl (C=O) groups is 2. The molecule has 212 valence electrons. The van der Waals surface area contributed by atoms with E-state index >= 15 is 0 Å². The zero-order valence-corrected chi connectivity index (χ0v) is 23.1. The number of β-amino-alcohol motifs (C(OH)–C–C–N with tert-alkyl or cyclic N) is 1. The molecule has 0 unspecified atom stereocenters. The fourth-order valence-corrected chi connectivity index (χ4v) is 5.23. The minimum Gasteiger partial charge on any atom is -0.488 e. The maximum absolute atomic E-state index is 13.3. The van der Waals surface area contributed by atoms with E-state index in [2.05, 4.69) is 6.07 Å². The molecule has 0 radical (unpaired) electrons. The van der Waals surface area contributed by atoms with Crippen molar-refractivity contribution in [3.63, 3.8) is 0 Å². The number of hydrogen-bond acceptors (Lipinski definition) is 7. The minimum absolute atomic E-state index is 0.142. The molecule has 0 aliphatic carbocycles. The average Bonchev–Trinajstić information content (AvgIpc) is 3.37. The van der Waals surface area contributed by atoms with Gasteiger partial charge in [-0.1, -0.05) is 60.7 Å². The van der Waals surface area contributed by atoms with Gasteiger partial charge in [0.2, 0.25) is 0 Å². The van der Waals surface area contributed by atoms with Crippen molar-refractivity contribution in [3.8, 4) is 28.7 Å². The van der Waals surface area contributed by atoms with E-state index < -0.39 is 24.1 Å². The van der Waals surface area contributed by atoms with Gasteiger partial charge in [0.25, 0.3) is 0 Å². The summed E-state index contributed by atoms with van der Waals surface area (Å²) >= 11 is 0. The van der Waals surface area contributed by atoms with Gasteiger partial charge in [-0.05, 0) is 53.4 Å². The van der Waals surface area contributed by atoms with Gasteiger partial charge in [-0.15, -0.1) is 0 Å². The first kappa shape index (κ1) is 28.6. The molecular formula is C34H30N2O6. The molecule has 0 amide bonds. The number of aliphatic hydroxyl groups excluding tert-OH is 1. The van der Waals surface area contributed by atoms with Crippen LogP contribution in [0.3, 0.4) is 0 Å². The Morgan fingerprint density at radius 1 is 1.00 bits per heavy atom. The maximum Gasteiger partial charge on any atom is 0.343 e. The first-order valence-corrected chi connectivity index (χ1v) is 13.6. The van der Waals surface area contributed by atoms with Crippen LogP contribution < -0.4 is 9.47 Å². The number of hydrogen-bond donors (Lipinski definition) is 2. The Balaban J connectivity index is 1.41. The molecule has 1 aliphatic rings. The molecule has 1 fully saturated rings. The van der Waals surface area contributed by atoms with Crippen LogP contribution in [0.4, 0.5) is 0 Å². The summed E-state index contributed by atoms with van der Waals surface area (Å²) in [4.78, 5) is 26.8. The number of carboxylic acids is 1. The first-order valence-electron chi connectivity index (χ1n) is 13.6. The lowest BCUT2D eigenvalue weighted by Crippen LogP contribution is -2.35. The first-order chi connectivity index (χ1) is 20.3. The van der Waals surface area contributed by atoms with E-state index in [0.29, 0.717) is 22.4 Å². The summed E-state index contributed by atoms with van der Waals surface area (Å²) in [6.07, 6.45) is -0.594. The molecule has 0 aromatic heterocycles. The predicted octanol–water partition coefficient (Wildman–Crippen LogP) is 5.35. The number of aliphatic hydroxyl groups is 1. The Morgan fingerprint density at radius 3 is 2.55 bits per heavy atom. The molecule has 2 atom stereocenters. The van der Waals surface area contributed by atoms with Crippen molar-refractivity contribution in [2.24, 2.45) is 0 Å². The van der Waals surface area contributed by atoms with Crippen LogP contribution >= 0.6 is 0 Å². The fourth-order valence-electron chi connectivity index (χ4n) is 5.23. The lowest BCUT2D eigenvalue weighted by Gasteiger charge is -2.22. The molecule has 0 bridgehead atoms. The standard InChI is InChI=1S/C34H30N2O6/c1-22-29(25-9-3-2-4-10-25)11-6-12-30(22)34(40)42-28-14-13-26(19-36-20-27(37)16-31(36)33(38)39)32(17-28)41-21-24-8-5-7-23(15-24)18-35/h2-15,17,27,31,37H,16,19-21H2,1H3,(H,38,39)/t27-,31+/m1/s1. The molecule has 42 heavy (non-hydrogen) atoms. The number of ether oxygens (including phenoxy) is 2. The SMILES string of the molecule is Cc1c(C(=O)Oc2ccc(CN3C[C@H](O)C[C@H]3C(=O)O)c(OCc3cccc(C#N)c3)c2)cccc1-c1ccccc1. The topological polar surface area (TPSA) is 120 Å². The van der Waals surface area contributed by atoms with Crippen LogP contribution in [-0.2, 0) is 17.9 Å². The van der Waals surface area contributed by atoms with Crippen LogP contribution in [0.15, 0.2) is 91.0 Å². The molecule has 0 spiro atoms. The van der Waals surface area contributed by atoms with E-state index in [9.17, 15) is 25.1 Å². The molecule has 4 aromatic carbocycles. The Bertz CT molecular complexity index is 1650. The highest BCUT2D eigenvalue weighted by atomic mass is 16.5. The van der Waals surface area contributed by atoms with Gasteiger partial charge in [-0.25, -0.2) is 4.79 Å². The number of carbonyl (C=O) groups excluding carboxylic acids is 1. The summed E-state index contributed by atoms with van der Waals surface area (Å²) in [5.41, 5.74) is 5.12. The van der Waals surface area contributed by atoms with E-state index in [1.807, 2.05) is 55.5 Å². The summed E-state index contributed by atoms with van der Waals surface area (Å²) in [7, 11) is 0. The van der Waals surface area contributed by atoms with Crippen molar-refractivity contribution in [2.75, 3.05) is 6.54 Å². The van der Waals surface area contributed by atoms with Crippen molar-refractivity contribution in [1.29, 1.82) is 5.26 Å². The van der Waals surface area contributed by atoms with Crippen molar-refractivity contribution < 1.29 is 29.3 Å². The molecule has 4 aromatic rings. The van der Waals surface area contributed by atoms with Crippen LogP contribution in [0.25, 0.3) is 11.1 Å². The van der Waals surface area contributed by atoms with Gasteiger partial charge in [0.05, 0.1) is 23.3 Å². The zero-order valence-electron chi connectivity index (χ0n) is 23.1. The van der Waals surface area contributed by atoms with Crippen molar-refractivity contribution in [1.82, 2.24) is 4.90 Å².